The zero-order chi connectivity index (χ0) is 26.0. The Hall–Kier alpha value is -3.14. The molecule has 2 aromatic rings. The van der Waals surface area contributed by atoms with Gasteiger partial charge in [-0.05, 0) is 43.2 Å². The summed E-state index contributed by atoms with van der Waals surface area (Å²) in [6, 6.07) is 12.0. The van der Waals surface area contributed by atoms with E-state index in [0.717, 1.165) is 4.90 Å². The average Bonchev–Trinajstić information content (AvgIpc) is 3.10. The summed E-state index contributed by atoms with van der Waals surface area (Å²) in [7, 11) is 0. The number of halogens is 3. The Morgan fingerprint density at radius 3 is 2.19 bits per heavy atom. The fourth-order valence-electron chi connectivity index (χ4n) is 4.21. The number of benzene rings is 2. The first kappa shape index (κ1) is 25.9. The van der Waals surface area contributed by atoms with Gasteiger partial charge in [0.1, 0.15) is 0 Å². The number of nitrogens with one attached hydrogen (secondary N) is 2. The summed E-state index contributed by atoms with van der Waals surface area (Å²) < 4.78 is 4.99. The van der Waals surface area contributed by atoms with E-state index in [1.54, 1.807) is 12.1 Å². The van der Waals surface area contributed by atoms with Crippen LogP contribution in [0, 0.1) is 11.8 Å². The molecular weight excluding hydrogens is 533 g/mol. The van der Waals surface area contributed by atoms with Crippen molar-refractivity contribution in [3.05, 3.63) is 64.7 Å². The number of carbonyl (C=O) groups excluding carboxylic acids is 5. The number of esters is 1. The molecule has 2 aliphatic rings. The minimum absolute atomic E-state index is 0.0290. The summed E-state index contributed by atoms with van der Waals surface area (Å²) in [6.45, 7) is -0.689. The van der Waals surface area contributed by atoms with Gasteiger partial charge in [-0.25, -0.2) is 4.79 Å². The number of ether oxygens (including phenoxy) is 1. The molecular formula is C24H20Cl3N3O6. The normalized spacial score (nSPS) is 23.1. The highest BCUT2D eigenvalue weighted by molar-refractivity contribution is 6.34. The highest BCUT2D eigenvalue weighted by Gasteiger charge is 2.52. The second-order valence-electron chi connectivity index (χ2n) is 8.34. The predicted molar refractivity (Wildman–Crippen MR) is 132 cm³/mol. The highest BCUT2D eigenvalue weighted by Crippen LogP contribution is 2.43. The van der Waals surface area contributed by atoms with E-state index in [0.29, 0.717) is 12.8 Å². The number of hydrazine groups is 1. The van der Waals surface area contributed by atoms with Gasteiger partial charge in [0.15, 0.2) is 6.61 Å². The Morgan fingerprint density at radius 1 is 0.917 bits per heavy atom. The van der Waals surface area contributed by atoms with Gasteiger partial charge in [0.05, 0.1) is 44.4 Å². The van der Waals surface area contributed by atoms with Crippen LogP contribution in [0.3, 0.4) is 0 Å². The Morgan fingerprint density at radius 2 is 1.56 bits per heavy atom. The fourth-order valence-corrected chi connectivity index (χ4v) is 5.02. The zero-order valence-electron chi connectivity index (χ0n) is 18.6. The molecule has 1 aliphatic carbocycles. The minimum atomic E-state index is -0.859. The topological polar surface area (TPSA) is 122 Å². The third-order valence-corrected chi connectivity index (χ3v) is 7.44. The monoisotopic (exact) mass is 551 g/mol. The number of hydrogen-bond acceptors (Lipinski definition) is 6. The lowest BCUT2D eigenvalue weighted by atomic mass is 9.80. The molecule has 9 nitrogen and oxygen atoms in total. The van der Waals surface area contributed by atoms with E-state index >= 15 is 0 Å². The van der Waals surface area contributed by atoms with E-state index in [4.69, 9.17) is 39.5 Å². The van der Waals surface area contributed by atoms with Crippen LogP contribution in [0.4, 0.5) is 5.69 Å². The zero-order valence-corrected chi connectivity index (χ0v) is 20.8. The summed E-state index contributed by atoms with van der Waals surface area (Å²) in [5.41, 5.74) is 4.69. The van der Waals surface area contributed by atoms with Gasteiger partial charge in [0.25, 0.3) is 11.8 Å². The van der Waals surface area contributed by atoms with E-state index in [2.05, 4.69) is 10.9 Å². The quantitative estimate of drug-likeness (QED) is 0.254. The number of rotatable bonds is 5. The minimum Gasteiger partial charge on any atom is -0.452 e. The first-order valence-corrected chi connectivity index (χ1v) is 12.2. The van der Waals surface area contributed by atoms with E-state index in [-0.39, 0.29) is 21.8 Å². The molecule has 0 aromatic heterocycles. The molecule has 1 saturated heterocycles. The smallest absolute Gasteiger partial charge is 0.338 e. The number of hydrogen-bond donors (Lipinski definition) is 2. The fraction of sp³-hybridized carbons (Fsp3) is 0.292. The summed E-state index contributed by atoms with van der Waals surface area (Å²) in [5.74, 6) is -4.19. The molecule has 2 N–H and O–H groups in total. The van der Waals surface area contributed by atoms with Gasteiger partial charge in [0.2, 0.25) is 11.8 Å². The largest absolute Gasteiger partial charge is 0.452 e. The second-order valence-corrected chi connectivity index (χ2v) is 9.87. The number of amides is 4. The van der Waals surface area contributed by atoms with Crippen LogP contribution in [0.15, 0.2) is 48.5 Å². The van der Waals surface area contributed by atoms with Gasteiger partial charge in [0, 0.05) is 0 Å². The predicted octanol–water partition coefficient (Wildman–Crippen LogP) is 3.07. The number of fused-ring (bicyclic) bond motifs is 1. The molecule has 4 rings (SSSR count). The molecule has 0 radical (unpaired) electrons. The summed E-state index contributed by atoms with van der Waals surface area (Å²) in [4.78, 5) is 63.5. The molecule has 1 aliphatic heterocycles. The van der Waals surface area contributed by atoms with Gasteiger partial charge in [-0.15, -0.1) is 23.2 Å². The van der Waals surface area contributed by atoms with Crippen LogP contribution in [-0.4, -0.2) is 47.0 Å². The van der Waals surface area contributed by atoms with Crippen molar-refractivity contribution in [3.8, 4) is 0 Å². The Labute approximate surface area is 221 Å². The standard InChI is InChI=1S/C24H20Cl3N3O6/c25-17-7-2-1-6-14(17)21(32)29-28-20(31)11-36-24(35)12-4-3-5-13(8-12)30-22(33)15-9-18(26)19(27)10-16(15)23(30)34/h1-8,15-16,18-19H,9-11H2,(H,28,31)(H,29,32)/t15-,16+,18-,19-/m0/s1. The molecule has 0 spiro atoms. The van der Waals surface area contributed by atoms with Crippen LogP contribution in [-0.2, 0) is 19.1 Å². The SMILES string of the molecule is O=C(COC(=O)c1cccc(N2C(=O)[C@H]3C[C@H](Cl)[C@@H](Cl)C[C@H]3C2=O)c1)NNC(=O)c1ccccc1Cl. The number of imide groups is 1. The third kappa shape index (κ3) is 5.33. The van der Waals surface area contributed by atoms with Crippen molar-refractivity contribution in [2.24, 2.45) is 11.8 Å². The molecule has 4 atom stereocenters. The maximum absolute atomic E-state index is 12.9. The van der Waals surface area contributed by atoms with Crippen molar-refractivity contribution in [2.45, 2.75) is 23.6 Å². The Balaban J connectivity index is 1.35. The highest BCUT2D eigenvalue weighted by atomic mass is 35.5. The summed E-state index contributed by atoms with van der Waals surface area (Å²) in [6.07, 6.45) is 0.594. The van der Waals surface area contributed by atoms with Crippen molar-refractivity contribution < 1.29 is 28.7 Å². The van der Waals surface area contributed by atoms with Crippen LogP contribution in [0.5, 0.6) is 0 Å². The Kier molecular flexibility index (Phi) is 7.82. The third-order valence-electron chi connectivity index (χ3n) is 6.02. The molecule has 1 heterocycles. The maximum Gasteiger partial charge on any atom is 0.338 e. The average molecular weight is 553 g/mol. The summed E-state index contributed by atoms with van der Waals surface area (Å²) in [5, 5.41) is -0.618. The molecule has 4 amide bonds. The molecule has 0 bridgehead atoms. The first-order chi connectivity index (χ1) is 17.2. The van der Waals surface area contributed by atoms with Gasteiger partial charge in [-0.3, -0.25) is 34.9 Å². The van der Waals surface area contributed by atoms with Gasteiger partial charge in [-0.1, -0.05) is 29.8 Å². The lowest BCUT2D eigenvalue weighted by Crippen LogP contribution is -2.43. The van der Waals surface area contributed by atoms with Crippen molar-refractivity contribution >= 4 is 70.1 Å². The number of alkyl halides is 2. The van der Waals surface area contributed by atoms with Crippen LogP contribution < -0.4 is 15.8 Å². The molecule has 2 fully saturated rings. The van der Waals surface area contributed by atoms with Crippen LogP contribution in [0.1, 0.15) is 33.6 Å². The Bertz CT molecular complexity index is 1210. The van der Waals surface area contributed by atoms with Crippen molar-refractivity contribution in [1.82, 2.24) is 10.9 Å². The molecule has 2 aromatic carbocycles. The van der Waals surface area contributed by atoms with E-state index < -0.39 is 58.8 Å². The maximum atomic E-state index is 12.9. The van der Waals surface area contributed by atoms with E-state index in [1.165, 1.54) is 36.4 Å². The van der Waals surface area contributed by atoms with Crippen molar-refractivity contribution in [1.29, 1.82) is 0 Å². The first-order valence-electron chi connectivity index (χ1n) is 10.9. The lowest BCUT2D eigenvalue weighted by Gasteiger charge is -2.28. The lowest BCUT2D eigenvalue weighted by molar-refractivity contribution is -0.125. The van der Waals surface area contributed by atoms with Crippen LogP contribution in [0.2, 0.25) is 5.02 Å². The van der Waals surface area contributed by atoms with Gasteiger partial charge in [-0.2, -0.15) is 0 Å². The number of anilines is 1. The number of nitrogens with zero attached hydrogens (tertiary/aromatic N) is 1. The van der Waals surface area contributed by atoms with Crippen LogP contribution >= 0.6 is 34.8 Å². The molecule has 188 valence electrons. The van der Waals surface area contributed by atoms with Crippen molar-refractivity contribution in [3.63, 3.8) is 0 Å². The van der Waals surface area contributed by atoms with E-state index in [1.807, 2.05) is 0 Å². The molecule has 1 saturated carbocycles. The molecule has 36 heavy (non-hydrogen) atoms. The van der Waals surface area contributed by atoms with Crippen LogP contribution in [0.25, 0.3) is 0 Å². The van der Waals surface area contributed by atoms with Gasteiger partial charge < -0.3 is 4.74 Å². The van der Waals surface area contributed by atoms with E-state index in [9.17, 15) is 24.0 Å². The molecule has 12 heteroatoms. The van der Waals surface area contributed by atoms with Gasteiger partial charge >= 0.3 is 5.97 Å². The van der Waals surface area contributed by atoms with Crippen molar-refractivity contribution in [2.75, 3.05) is 11.5 Å². The summed E-state index contributed by atoms with van der Waals surface area (Å²) >= 11 is 18.3. The molecule has 0 unspecified atom stereocenters. The second kappa shape index (κ2) is 10.9. The number of carbonyl (C=O) groups is 5.